The third-order valence-electron chi connectivity index (χ3n) is 2.79. The van der Waals surface area contributed by atoms with Crippen LogP contribution in [-0.2, 0) is 6.54 Å². The van der Waals surface area contributed by atoms with Crippen LogP contribution in [-0.4, -0.2) is 18.0 Å². The Kier molecular flexibility index (Phi) is 4.13. The highest BCUT2D eigenvalue weighted by Crippen LogP contribution is 2.16. The normalized spacial score (nSPS) is 10.0. The molecule has 0 bridgehead atoms. The van der Waals surface area contributed by atoms with Gasteiger partial charge in [0.2, 0.25) is 0 Å². The molecule has 1 aromatic carbocycles. The number of methoxy groups -OCH3 is 1. The summed E-state index contributed by atoms with van der Waals surface area (Å²) >= 11 is 0. The SMILES string of the molecule is COc1ccccc1CNC(=O)c1ccnc(C)c1. The smallest absolute Gasteiger partial charge is 0.251 e. The zero-order chi connectivity index (χ0) is 13.7. The van der Waals surface area contributed by atoms with Gasteiger partial charge in [-0.3, -0.25) is 9.78 Å². The van der Waals surface area contributed by atoms with E-state index in [0.29, 0.717) is 12.1 Å². The van der Waals surface area contributed by atoms with E-state index in [1.807, 2.05) is 31.2 Å². The lowest BCUT2D eigenvalue weighted by molar-refractivity contribution is 0.0950. The molecule has 4 nitrogen and oxygen atoms in total. The highest BCUT2D eigenvalue weighted by molar-refractivity contribution is 5.94. The molecule has 0 saturated carbocycles. The number of nitrogens with one attached hydrogen (secondary N) is 1. The maximum Gasteiger partial charge on any atom is 0.251 e. The number of amides is 1. The Labute approximate surface area is 112 Å². The Hall–Kier alpha value is -2.36. The van der Waals surface area contributed by atoms with Gasteiger partial charge in [0.15, 0.2) is 0 Å². The molecule has 1 aromatic heterocycles. The Morgan fingerprint density at radius 3 is 2.84 bits per heavy atom. The van der Waals surface area contributed by atoms with Crippen molar-refractivity contribution in [3.05, 3.63) is 59.4 Å². The maximum atomic E-state index is 12.0. The third kappa shape index (κ3) is 3.31. The summed E-state index contributed by atoms with van der Waals surface area (Å²) in [5.74, 6) is 0.658. The summed E-state index contributed by atoms with van der Waals surface area (Å²) in [6.07, 6.45) is 1.63. The van der Waals surface area contributed by atoms with Crippen LogP contribution >= 0.6 is 0 Å². The molecule has 0 spiro atoms. The molecule has 1 amide bonds. The number of para-hydroxylation sites is 1. The summed E-state index contributed by atoms with van der Waals surface area (Å²) in [5.41, 5.74) is 2.39. The lowest BCUT2D eigenvalue weighted by Gasteiger charge is -2.09. The Bertz CT molecular complexity index is 582. The van der Waals surface area contributed by atoms with Gasteiger partial charge in [0.05, 0.1) is 7.11 Å². The second-order valence-electron chi connectivity index (χ2n) is 4.18. The van der Waals surface area contributed by atoms with Crippen molar-refractivity contribution in [2.24, 2.45) is 0 Å². The number of aryl methyl sites for hydroxylation is 1. The minimum absolute atomic E-state index is 0.114. The summed E-state index contributed by atoms with van der Waals surface area (Å²) in [6.45, 7) is 2.29. The van der Waals surface area contributed by atoms with Crippen molar-refractivity contribution in [2.45, 2.75) is 13.5 Å². The number of carbonyl (C=O) groups excluding carboxylic acids is 1. The molecular weight excluding hydrogens is 240 g/mol. The van der Waals surface area contributed by atoms with Crippen molar-refractivity contribution < 1.29 is 9.53 Å². The van der Waals surface area contributed by atoms with Crippen LogP contribution in [0, 0.1) is 6.92 Å². The van der Waals surface area contributed by atoms with E-state index in [4.69, 9.17) is 4.74 Å². The molecule has 2 aromatic rings. The zero-order valence-corrected chi connectivity index (χ0v) is 11.0. The van der Waals surface area contributed by atoms with Crippen molar-refractivity contribution in [1.29, 1.82) is 0 Å². The van der Waals surface area contributed by atoms with E-state index in [9.17, 15) is 4.79 Å². The van der Waals surface area contributed by atoms with Gasteiger partial charge in [-0.1, -0.05) is 18.2 Å². The van der Waals surface area contributed by atoms with Crippen molar-refractivity contribution in [2.75, 3.05) is 7.11 Å². The lowest BCUT2D eigenvalue weighted by Crippen LogP contribution is -2.23. The van der Waals surface area contributed by atoms with Gasteiger partial charge >= 0.3 is 0 Å². The number of benzene rings is 1. The summed E-state index contributed by atoms with van der Waals surface area (Å²) < 4.78 is 5.24. The average Bonchev–Trinajstić information content (AvgIpc) is 2.45. The second kappa shape index (κ2) is 6.00. The Morgan fingerprint density at radius 1 is 1.32 bits per heavy atom. The fourth-order valence-corrected chi connectivity index (χ4v) is 1.81. The first kappa shape index (κ1) is 13.1. The van der Waals surface area contributed by atoms with Gasteiger partial charge in [0, 0.05) is 29.6 Å². The number of rotatable bonds is 4. The lowest BCUT2D eigenvalue weighted by atomic mass is 10.2. The highest BCUT2D eigenvalue weighted by atomic mass is 16.5. The minimum Gasteiger partial charge on any atom is -0.496 e. The summed E-state index contributed by atoms with van der Waals surface area (Å²) in [5, 5.41) is 2.87. The number of ether oxygens (including phenoxy) is 1. The average molecular weight is 256 g/mol. The number of carbonyl (C=O) groups is 1. The van der Waals surface area contributed by atoms with E-state index in [1.165, 1.54) is 0 Å². The standard InChI is InChI=1S/C15H16N2O2/c1-11-9-12(7-8-16-11)15(18)17-10-13-5-3-4-6-14(13)19-2/h3-9H,10H2,1-2H3,(H,17,18). The van der Waals surface area contributed by atoms with Gasteiger partial charge in [0.25, 0.3) is 5.91 Å². The number of nitrogens with zero attached hydrogens (tertiary/aromatic N) is 1. The predicted octanol–water partition coefficient (Wildman–Crippen LogP) is 2.33. The topological polar surface area (TPSA) is 51.2 Å². The molecular formula is C15H16N2O2. The zero-order valence-electron chi connectivity index (χ0n) is 11.0. The summed E-state index contributed by atoms with van der Waals surface area (Å²) in [6, 6.07) is 11.1. The molecule has 2 rings (SSSR count). The predicted molar refractivity (Wildman–Crippen MR) is 73.1 cm³/mol. The van der Waals surface area contributed by atoms with Crippen molar-refractivity contribution in [1.82, 2.24) is 10.3 Å². The van der Waals surface area contributed by atoms with Crippen LogP contribution in [0.25, 0.3) is 0 Å². The van der Waals surface area contributed by atoms with Gasteiger partial charge in [-0.2, -0.15) is 0 Å². The van der Waals surface area contributed by atoms with Crippen LogP contribution in [0.2, 0.25) is 0 Å². The van der Waals surface area contributed by atoms with E-state index in [2.05, 4.69) is 10.3 Å². The van der Waals surface area contributed by atoms with Gasteiger partial charge in [-0.15, -0.1) is 0 Å². The molecule has 4 heteroatoms. The van der Waals surface area contributed by atoms with E-state index in [1.54, 1.807) is 25.4 Å². The number of hydrogen-bond donors (Lipinski definition) is 1. The number of aromatic nitrogens is 1. The Morgan fingerprint density at radius 2 is 2.11 bits per heavy atom. The van der Waals surface area contributed by atoms with E-state index in [-0.39, 0.29) is 5.91 Å². The second-order valence-corrected chi connectivity index (χ2v) is 4.18. The van der Waals surface area contributed by atoms with E-state index >= 15 is 0 Å². The maximum absolute atomic E-state index is 12.0. The van der Waals surface area contributed by atoms with Crippen LogP contribution in [0.3, 0.4) is 0 Å². The van der Waals surface area contributed by atoms with Gasteiger partial charge in [-0.05, 0) is 25.1 Å². The molecule has 0 radical (unpaired) electrons. The van der Waals surface area contributed by atoms with Crippen molar-refractivity contribution in [3.63, 3.8) is 0 Å². The first-order valence-electron chi connectivity index (χ1n) is 6.03. The highest BCUT2D eigenvalue weighted by Gasteiger charge is 2.07. The van der Waals surface area contributed by atoms with Gasteiger partial charge in [-0.25, -0.2) is 0 Å². The fourth-order valence-electron chi connectivity index (χ4n) is 1.81. The van der Waals surface area contributed by atoms with Gasteiger partial charge in [0.1, 0.15) is 5.75 Å². The van der Waals surface area contributed by atoms with Crippen molar-refractivity contribution >= 4 is 5.91 Å². The van der Waals surface area contributed by atoms with E-state index in [0.717, 1.165) is 17.0 Å². The molecule has 0 saturated heterocycles. The quantitative estimate of drug-likeness (QED) is 0.913. The minimum atomic E-state index is -0.114. The molecule has 1 heterocycles. The molecule has 0 aliphatic rings. The first-order valence-corrected chi connectivity index (χ1v) is 6.03. The van der Waals surface area contributed by atoms with Gasteiger partial charge < -0.3 is 10.1 Å². The van der Waals surface area contributed by atoms with Crippen LogP contribution in [0.4, 0.5) is 0 Å². The van der Waals surface area contributed by atoms with E-state index < -0.39 is 0 Å². The first-order chi connectivity index (χ1) is 9.20. The molecule has 0 unspecified atom stereocenters. The Balaban J connectivity index is 2.04. The summed E-state index contributed by atoms with van der Waals surface area (Å²) in [4.78, 5) is 16.1. The largest absolute Gasteiger partial charge is 0.496 e. The summed E-state index contributed by atoms with van der Waals surface area (Å²) in [7, 11) is 1.62. The molecule has 98 valence electrons. The van der Waals surface area contributed by atoms with Crippen LogP contribution < -0.4 is 10.1 Å². The third-order valence-corrected chi connectivity index (χ3v) is 2.79. The molecule has 0 aliphatic carbocycles. The molecule has 0 atom stereocenters. The molecule has 0 aliphatic heterocycles. The van der Waals surface area contributed by atoms with Crippen LogP contribution in [0.1, 0.15) is 21.6 Å². The monoisotopic (exact) mass is 256 g/mol. The van der Waals surface area contributed by atoms with Crippen LogP contribution in [0.5, 0.6) is 5.75 Å². The molecule has 0 fully saturated rings. The number of hydrogen-bond acceptors (Lipinski definition) is 3. The fraction of sp³-hybridized carbons (Fsp3) is 0.200. The van der Waals surface area contributed by atoms with Crippen LogP contribution in [0.15, 0.2) is 42.6 Å². The van der Waals surface area contributed by atoms with Crippen molar-refractivity contribution in [3.8, 4) is 5.75 Å². The molecule has 1 N–H and O–H groups in total. The molecule has 19 heavy (non-hydrogen) atoms. The number of pyridine rings is 1.